The highest BCUT2D eigenvalue weighted by Crippen LogP contribution is 2.22. The average molecular weight is 353 g/mol. The Morgan fingerprint density at radius 1 is 1.00 bits per heavy atom. The van der Waals surface area contributed by atoms with Crippen LogP contribution in [0.15, 0.2) is 53.9 Å². The third-order valence-electron chi connectivity index (χ3n) is 4.16. The van der Waals surface area contributed by atoms with Gasteiger partial charge in [-0.2, -0.15) is 0 Å². The maximum Gasteiger partial charge on any atom is 0.195 e. The molecule has 5 heteroatoms. The van der Waals surface area contributed by atoms with Gasteiger partial charge in [0, 0.05) is 5.75 Å². The molecular weight excluding hydrogens is 330 g/mol. The standard InChI is InChI=1S/C20H23N3OS/c1-15-9-10-18(13-17(15)3)24-11-6-12-25-20-22-21-14-23(20)19-8-5-4-7-16(19)2/h4-5,7-10,13-14H,6,11-12H2,1-3H3. The fraction of sp³-hybridized carbons (Fsp3) is 0.300. The van der Waals surface area contributed by atoms with Crippen LogP contribution in [0.4, 0.5) is 0 Å². The number of ether oxygens (including phenoxy) is 1. The highest BCUT2D eigenvalue weighted by molar-refractivity contribution is 7.99. The lowest BCUT2D eigenvalue weighted by Crippen LogP contribution is -2.01. The molecule has 130 valence electrons. The van der Waals surface area contributed by atoms with Gasteiger partial charge in [0.25, 0.3) is 0 Å². The number of para-hydroxylation sites is 1. The van der Waals surface area contributed by atoms with Gasteiger partial charge in [0.2, 0.25) is 0 Å². The van der Waals surface area contributed by atoms with E-state index in [0.29, 0.717) is 6.61 Å². The molecule has 0 amide bonds. The van der Waals surface area contributed by atoms with E-state index in [2.05, 4.69) is 55.2 Å². The highest BCUT2D eigenvalue weighted by atomic mass is 32.2. The zero-order valence-electron chi connectivity index (χ0n) is 14.9. The SMILES string of the molecule is Cc1ccc(OCCCSc2nncn2-c2ccccc2C)cc1C. The summed E-state index contributed by atoms with van der Waals surface area (Å²) in [6.07, 6.45) is 2.73. The van der Waals surface area contributed by atoms with Crippen LogP contribution in [0, 0.1) is 20.8 Å². The van der Waals surface area contributed by atoms with Crippen molar-refractivity contribution in [2.24, 2.45) is 0 Å². The van der Waals surface area contributed by atoms with Crippen molar-refractivity contribution in [2.75, 3.05) is 12.4 Å². The van der Waals surface area contributed by atoms with Crippen molar-refractivity contribution in [1.29, 1.82) is 0 Å². The molecule has 3 rings (SSSR count). The van der Waals surface area contributed by atoms with E-state index in [0.717, 1.165) is 28.8 Å². The minimum atomic E-state index is 0.702. The summed E-state index contributed by atoms with van der Waals surface area (Å²) in [6, 6.07) is 14.5. The summed E-state index contributed by atoms with van der Waals surface area (Å²) in [4.78, 5) is 0. The molecule has 25 heavy (non-hydrogen) atoms. The van der Waals surface area contributed by atoms with Crippen molar-refractivity contribution in [3.8, 4) is 11.4 Å². The summed E-state index contributed by atoms with van der Waals surface area (Å²) in [7, 11) is 0. The van der Waals surface area contributed by atoms with Crippen LogP contribution in [0.25, 0.3) is 5.69 Å². The Morgan fingerprint density at radius 2 is 1.84 bits per heavy atom. The monoisotopic (exact) mass is 353 g/mol. The van der Waals surface area contributed by atoms with Crippen LogP contribution < -0.4 is 4.74 Å². The van der Waals surface area contributed by atoms with Gasteiger partial charge in [-0.05, 0) is 62.1 Å². The van der Waals surface area contributed by atoms with Gasteiger partial charge in [0.15, 0.2) is 5.16 Å². The summed E-state index contributed by atoms with van der Waals surface area (Å²) in [5.41, 5.74) is 4.89. The first-order valence-electron chi connectivity index (χ1n) is 8.44. The predicted octanol–water partition coefficient (Wildman–Crippen LogP) is 4.75. The first kappa shape index (κ1) is 17.5. The van der Waals surface area contributed by atoms with Gasteiger partial charge in [-0.3, -0.25) is 4.57 Å². The molecule has 0 bridgehead atoms. The van der Waals surface area contributed by atoms with Gasteiger partial charge < -0.3 is 4.74 Å². The van der Waals surface area contributed by atoms with Crippen LogP contribution in [0.1, 0.15) is 23.1 Å². The van der Waals surface area contributed by atoms with E-state index < -0.39 is 0 Å². The van der Waals surface area contributed by atoms with Crippen LogP contribution in [0.5, 0.6) is 5.75 Å². The van der Waals surface area contributed by atoms with Gasteiger partial charge in [0.1, 0.15) is 12.1 Å². The zero-order valence-corrected chi connectivity index (χ0v) is 15.7. The minimum absolute atomic E-state index is 0.702. The van der Waals surface area contributed by atoms with E-state index in [9.17, 15) is 0 Å². The van der Waals surface area contributed by atoms with Crippen LogP contribution in [-0.4, -0.2) is 27.1 Å². The molecule has 0 N–H and O–H groups in total. The minimum Gasteiger partial charge on any atom is -0.494 e. The van der Waals surface area contributed by atoms with Gasteiger partial charge >= 0.3 is 0 Å². The summed E-state index contributed by atoms with van der Waals surface area (Å²) in [6.45, 7) is 7.02. The molecule has 0 unspecified atom stereocenters. The number of hydrogen-bond acceptors (Lipinski definition) is 4. The second kappa shape index (κ2) is 8.21. The Labute approximate surface area is 153 Å². The van der Waals surface area contributed by atoms with Gasteiger partial charge in [-0.15, -0.1) is 10.2 Å². The van der Waals surface area contributed by atoms with Crippen molar-refractivity contribution in [3.05, 3.63) is 65.5 Å². The molecule has 0 fully saturated rings. The van der Waals surface area contributed by atoms with Crippen molar-refractivity contribution < 1.29 is 4.74 Å². The maximum absolute atomic E-state index is 5.84. The summed E-state index contributed by atoms with van der Waals surface area (Å²) < 4.78 is 7.88. The number of hydrogen-bond donors (Lipinski definition) is 0. The average Bonchev–Trinajstić information content (AvgIpc) is 3.06. The molecule has 0 aliphatic carbocycles. The van der Waals surface area contributed by atoms with Crippen LogP contribution in [-0.2, 0) is 0 Å². The quantitative estimate of drug-likeness (QED) is 0.454. The first-order valence-corrected chi connectivity index (χ1v) is 9.42. The molecule has 1 heterocycles. The number of aryl methyl sites for hydroxylation is 3. The number of thioether (sulfide) groups is 1. The van der Waals surface area contributed by atoms with Crippen molar-refractivity contribution in [1.82, 2.24) is 14.8 Å². The Bertz CT molecular complexity index is 844. The molecule has 0 aliphatic rings. The Kier molecular flexibility index (Phi) is 5.76. The highest BCUT2D eigenvalue weighted by Gasteiger charge is 2.08. The number of rotatable bonds is 7. The lowest BCUT2D eigenvalue weighted by molar-refractivity contribution is 0.318. The lowest BCUT2D eigenvalue weighted by atomic mass is 10.1. The van der Waals surface area contributed by atoms with Crippen molar-refractivity contribution in [3.63, 3.8) is 0 Å². The van der Waals surface area contributed by atoms with E-state index >= 15 is 0 Å². The van der Waals surface area contributed by atoms with Crippen molar-refractivity contribution in [2.45, 2.75) is 32.3 Å². The third kappa shape index (κ3) is 4.42. The van der Waals surface area contributed by atoms with Gasteiger partial charge in [0.05, 0.1) is 12.3 Å². The fourth-order valence-electron chi connectivity index (χ4n) is 2.54. The number of nitrogens with zero attached hydrogens (tertiary/aromatic N) is 3. The maximum atomic E-state index is 5.84. The smallest absolute Gasteiger partial charge is 0.195 e. The number of aromatic nitrogens is 3. The van der Waals surface area contributed by atoms with E-state index in [1.165, 1.54) is 16.7 Å². The molecule has 3 aromatic rings. The number of benzene rings is 2. The van der Waals surface area contributed by atoms with Gasteiger partial charge in [-0.25, -0.2) is 0 Å². The Hall–Kier alpha value is -2.27. The normalized spacial score (nSPS) is 10.8. The third-order valence-corrected chi connectivity index (χ3v) is 5.19. The van der Waals surface area contributed by atoms with E-state index in [4.69, 9.17) is 4.74 Å². The predicted molar refractivity (Wildman–Crippen MR) is 103 cm³/mol. The molecule has 0 radical (unpaired) electrons. The molecule has 2 aromatic carbocycles. The summed E-state index contributed by atoms with van der Waals surface area (Å²) in [5.74, 6) is 1.88. The van der Waals surface area contributed by atoms with Crippen molar-refractivity contribution >= 4 is 11.8 Å². The topological polar surface area (TPSA) is 39.9 Å². The molecule has 0 aliphatic heterocycles. The van der Waals surface area contributed by atoms with Crippen LogP contribution >= 0.6 is 11.8 Å². The second-order valence-electron chi connectivity index (χ2n) is 6.07. The van der Waals surface area contributed by atoms with Gasteiger partial charge in [-0.1, -0.05) is 36.0 Å². The molecule has 0 spiro atoms. The summed E-state index contributed by atoms with van der Waals surface area (Å²) >= 11 is 1.71. The van der Waals surface area contributed by atoms with E-state index in [-0.39, 0.29) is 0 Å². The molecular formula is C20H23N3OS. The largest absolute Gasteiger partial charge is 0.494 e. The molecule has 1 aromatic heterocycles. The lowest BCUT2D eigenvalue weighted by Gasteiger charge is -2.10. The zero-order chi connectivity index (χ0) is 17.6. The molecule has 0 atom stereocenters. The second-order valence-corrected chi connectivity index (χ2v) is 7.13. The Morgan fingerprint density at radius 3 is 2.64 bits per heavy atom. The Balaban J connectivity index is 1.51. The van der Waals surface area contributed by atoms with Crippen LogP contribution in [0.3, 0.4) is 0 Å². The van der Waals surface area contributed by atoms with Crippen LogP contribution in [0.2, 0.25) is 0 Å². The fourth-order valence-corrected chi connectivity index (χ4v) is 3.37. The molecule has 4 nitrogen and oxygen atoms in total. The molecule has 0 saturated carbocycles. The first-order chi connectivity index (χ1) is 12.1. The van der Waals surface area contributed by atoms with E-state index in [1.54, 1.807) is 18.1 Å². The molecule has 0 saturated heterocycles. The van der Waals surface area contributed by atoms with E-state index in [1.807, 2.05) is 22.8 Å². The summed E-state index contributed by atoms with van der Waals surface area (Å²) in [5, 5.41) is 9.23.